The average Bonchev–Trinajstić information content (AvgIpc) is 3.86. The summed E-state index contributed by atoms with van der Waals surface area (Å²) in [7, 11) is 1.69. The van der Waals surface area contributed by atoms with Crippen LogP contribution in [0.5, 0.6) is 5.75 Å². The van der Waals surface area contributed by atoms with Crippen LogP contribution >= 0.6 is 0 Å². The van der Waals surface area contributed by atoms with E-state index in [2.05, 4.69) is 53.8 Å². The number of nitrogens with zero attached hydrogens (tertiary/aromatic N) is 2. The zero-order valence-electron chi connectivity index (χ0n) is 23.8. The van der Waals surface area contributed by atoms with Gasteiger partial charge in [0.25, 0.3) is 5.91 Å². The fraction of sp³-hybridized carbons (Fsp3) is 0.412. The Kier molecular flexibility index (Phi) is 8.35. The zero-order valence-corrected chi connectivity index (χ0v) is 23.8. The second-order valence-electron chi connectivity index (χ2n) is 11.3. The minimum atomic E-state index is -0.172. The largest absolute Gasteiger partial charge is 0.482 e. The Bertz CT molecular complexity index is 1370. The lowest BCUT2D eigenvalue weighted by Gasteiger charge is -2.36. The molecule has 1 saturated heterocycles. The fourth-order valence-electron chi connectivity index (χ4n) is 6.23. The van der Waals surface area contributed by atoms with Crippen molar-refractivity contribution in [2.24, 2.45) is 5.92 Å². The number of benzene rings is 3. The molecule has 2 fully saturated rings. The van der Waals surface area contributed by atoms with Gasteiger partial charge in [0.15, 0.2) is 6.61 Å². The fourth-order valence-corrected chi connectivity index (χ4v) is 6.23. The Morgan fingerprint density at radius 2 is 1.83 bits per heavy atom. The minimum Gasteiger partial charge on any atom is -0.482 e. The summed E-state index contributed by atoms with van der Waals surface area (Å²) in [6.07, 6.45) is 4.62. The van der Waals surface area contributed by atoms with Gasteiger partial charge in [-0.1, -0.05) is 54.6 Å². The lowest BCUT2D eigenvalue weighted by Crippen LogP contribution is -2.47. The van der Waals surface area contributed by atoms with Crippen LogP contribution in [0.1, 0.15) is 43.6 Å². The molecule has 2 amide bonds. The van der Waals surface area contributed by atoms with Gasteiger partial charge in [0.2, 0.25) is 5.91 Å². The molecule has 0 unspecified atom stereocenters. The number of fused-ring (bicyclic) bond motifs is 1. The molecule has 3 aromatic rings. The van der Waals surface area contributed by atoms with Crippen LogP contribution < -0.4 is 19.9 Å². The Balaban J connectivity index is 1.28. The van der Waals surface area contributed by atoms with E-state index < -0.39 is 0 Å². The van der Waals surface area contributed by atoms with Crippen molar-refractivity contribution >= 4 is 23.2 Å². The lowest BCUT2D eigenvalue weighted by atomic mass is 9.79. The number of unbranched alkanes of at least 4 members (excludes halogenated alkanes) is 1. The first-order valence-electron chi connectivity index (χ1n) is 14.9. The van der Waals surface area contributed by atoms with Gasteiger partial charge in [-0.2, -0.15) is 0 Å². The number of methoxy groups -OCH3 is 1. The molecule has 7 heteroatoms. The quantitative estimate of drug-likeness (QED) is 0.341. The van der Waals surface area contributed by atoms with E-state index in [1.54, 1.807) is 7.11 Å². The summed E-state index contributed by atoms with van der Waals surface area (Å²) in [6, 6.07) is 25.2. The molecule has 0 radical (unpaired) electrons. The third-order valence-corrected chi connectivity index (χ3v) is 8.51. The number of rotatable bonds is 10. The predicted octanol–water partition coefficient (Wildman–Crippen LogP) is 5.39. The summed E-state index contributed by atoms with van der Waals surface area (Å²) in [6.45, 7) is 2.86. The summed E-state index contributed by atoms with van der Waals surface area (Å²) in [5, 5.41) is 3.49. The van der Waals surface area contributed by atoms with Crippen molar-refractivity contribution in [3.63, 3.8) is 0 Å². The molecule has 6 rings (SSSR count). The molecule has 3 aliphatic rings. The van der Waals surface area contributed by atoms with E-state index in [4.69, 9.17) is 9.47 Å². The molecule has 2 aliphatic heterocycles. The molecule has 214 valence electrons. The van der Waals surface area contributed by atoms with Crippen LogP contribution in [-0.4, -0.2) is 57.8 Å². The van der Waals surface area contributed by atoms with Crippen molar-refractivity contribution < 1.29 is 19.1 Å². The van der Waals surface area contributed by atoms with E-state index in [1.165, 1.54) is 16.7 Å². The first kappa shape index (κ1) is 27.5. The number of hydrogen-bond donors (Lipinski definition) is 1. The number of piperidine rings is 1. The molecule has 3 aromatic carbocycles. The maximum atomic E-state index is 14.4. The Hall–Kier alpha value is -3.68. The number of anilines is 2. The minimum absolute atomic E-state index is 0.0410. The Morgan fingerprint density at radius 3 is 2.63 bits per heavy atom. The van der Waals surface area contributed by atoms with Gasteiger partial charge in [0.1, 0.15) is 5.75 Å². The number of carbonyl (C=O) groups excluding carboxylic acids is 2. The van der Waals surface area contributed by atoms with Crippen molar-refractivity contribution in [3.05, 3.63) is 78.4 Å². The molecule has 1 saturated carbocycles. The summed E-state index contributed by atoms with van der Waals surface area (Å²) in [5.74, 6) is 0.761. The molecule has 7 nitrogen and oxygen atoms in total. The summed E-state index contributed by atoms with van der Waals surface area (Å²) in [5.41, 5.74) is 5.18. The van der Waals surface area contributed by atoms with E-state index in [-0.39, 0.29) is 36.3 Å². The van der Waals surface area contributed by atoms with Crippen LogP contribution in [0.4, 0.5) is 11.4 Å². The van der Waals surface area contributed by atoms with Crippen LogP contribution in [0.3, 0.4) is 0 Å². The van der Waals surface area contributed by atoms with Crippen LogP contribution in [0.2, 0.25) is 0 Å². The van der Waals surface area contributed by atoms with Crippen molar-refractivity contribution in [1.29, 1.82) is 0 Å². The van der Waals surface area contributed by atoms with Gasteiger partial charge in [-0.3, -0.25) is 9.59 Å². The monoisotopic (exact) mass is 553 g/mol. The number of amides is 2. The number of nitrogens with one attached hydrogen (secondary N) is 1. The van der Waals surface area contributed by atoms with Crippen LogP contribution in [-0.2, 0) is 14.3 Å². The van der Waals surface area contributed by atoms with Gasteiger partial charge in [-0.25, -0.2) is 0 Å². The molecule has 1 aliphatic carbocycles. The highest BCUT2D eigenvalue weighted by atomic mass is 16.5. The van der Waals surface area contributed by atoms with Crippen molar-refractivity contribution in [1.82, 2.24) is 5.32 Å². The second-order valence-corrected chi connectivity index (χ2v) is 11.3. The van der Waals surface area contributed by atoms with E-state index >= 15 is 0 Å². The SMILES string of the molecule is COCCCCN1C(=O)COc2ccc(N(C(=O)[C@H]3CNCC[C@@H]3c3cccc(-c4ccccc4)c3)C3CC3)cc21. The molecular weight excluding hydrogens is 514 g/mol. The summed E-state index contributed by atoms with van der Waals surface area (Å²) < 4.78 is 11.0. The molecule has 0 bridgehead atoms. The van der Waals surface area contributed by atoms with Gasteiger partial charge < -0.3 is 24.6 Å². The second kappa shape index (κ2) is 12.5. The summed E-state index contributed by atoms with van der Waals surface area (Å²) >= 11 is 0. The Labute approximate surface area is 242 Å². The van der Waals surface area contributed by atoms with Crippen molar-refractivity contribution in [3.8, 4) is 16.9 Å². The zero-order chi connectivity index (χ0) is 28.2. The topological polar surface area (TPSA) is 71.1 Å². The van der Waals surface area contributed by atoms with Gasteiger partial charge in [-0.05, 0) is 79.5 Å². The highest BCUT2D eigenvalue weighted by Crippen LogP contribution is 2.42. The maximum Gasteiger partial charge on any atom is 0.265 e. The smallest absolute Gasteiger partial charge is 0.265 e. The first-order chi connectivity index (χ1) is 20.1. The molecule has 0 aromatic heterocycles. The van der Waals surface area contributed by atoms with E-state index in [0.29, 0.717) is 25.4 Å². The third kappa shape index (κ3) is 6.02. The number of ether oxygens (including phenoxy) is 2. The standard InChI is InChI=1S/C34H39N3O4/c1-40-19-6-5-18-36-31-21-28(14-15-32(31)41-23-33(36)38)37(27-12-13-27)34(39)30-22-35-17-16-29(30)26-11-7-10-25(20-26)24-8-3-2-4-9-24/h2-4,7-11,14-15,20-21,27,29-30,35H,5-6,12-13,16-19,22-23H2,1H3/t29-,30+/m1/s1. The van der Waals surface area contributed by atoms with Gasteiger partial charge in [0.05, 0.1) is 11.6 Å². The number of hydrogen-bond acceptors (Lipinski definition) is 5. The summed E-state index contributed by atoms with van der Waals surface area (Å²) in [4.78, 5) is 31.1. The predicted molar refractivity (Wildman–Crippen MR) is 162 cm³/mol. The van der Waals surface area contributed by atoms with Gasteiger partial charge in [-0.15, -0.1) is 0 Å². The van der Waals surface area contributed by atoms with Crippen LogP contribution in [0.25, 0.3) is 11.1 Å². The van der Waals surface area contributed by atoms with Crippen LogP contribution in [0, 0.1) is 5.92 Å². The molecule has 2 atom stereocenters. The molecule has 1 N–H and O–H groups in total. The third-order valence-electron chi connectivity index (χ3n) is 8.51. The van der Waals surface area contributed by atoms with E-state index in [9.17, 15) is 9.59 Å². The van der Waals surface area contributed by atoms with E-state index in [1.807, 2.05) is 34.1 Å². The molecular formula is C34H39N3O4. The normalized spacial score (nSPS) is 20.3. The van der Waals surface area contributed by atoms with E-state index in [0.717, 1.165) is 50.0 Å². The van der Waals surface area contributed by atoms with Crippen molar-refractivity contribution in [2.75, 3.05) is 49.8 Å². The molecule has 2 heterocycles. The molecule has 41 heavy (non-hydrogen) atoms. The number of carbonyl (C=O) groups is 2. The van der Waals surface area contributed by atoms with Crippen molar-refractivity contribution in [2.45, 2.75) is 44.1 Å². The maximum absolute atomic E-state index is 14.4. The average molecular weight is 554 g/mol. The lowest BCUT2D eigenvalue weighted by molar-refractivity contribution is -0.123. The van der Waals surface area contributed by atoms with Gasteiger partial charge >= 0.3 is 0 Å². The first-order valence-corrected chi connectivity index (χ1v) is 14.9. The highest BCUT2D eigenvalue weighted by molar-refractivity contribution is 6.01. The molecule has 0 spiro atoms. The van der Waals surface area contributed by atoms with Crippen LogP contribution in [0.15, 0.2) is 72.8 Å². The van der Waals surface area contributed by atoms with Gasteiger partial charge in [0, 0.05) is 38.5 Å². The Morgan fingerprint density at radius 1 is 1.00 bits per heavy atom. The highest BCUT2D eigenvalue weighted by Gasteiger charge is 2.41.